The van der Waals surface area contributed by atoms with Gasteiger partial charge in [-0.25, -0.2) is 9.48 Å². The third kappa shape index (κ3) is 2.25. The van der Waals surface area contributed by atoms with E-state index in [0.29, 0.717) is 12.2 Å². The van der Waals surface area contributed by atoms with Crippen molar-refractivity contribution in [3.63, 3.8) is 0 Å². The van der Waals surface area contributed by atoms with Gasteiger partial charge in [0.25, 0.3) is 0 Å². The summed E-state index contributed by atoms with van der Waals surface area (Å²) in [6.07, 6.45) is 0.380. The van der Waals surface area contributed by atoms with Gasteiger partial charge in [-0.3, -0.25) is 0 Å². The van der Waals surface area contributed by atoms with Gasteiger partial charge in [-0.05, 0) is 35.9 Å². The van der Waals surface area contributed by atoms with Crippen LogP contribution in [0.1, 0.15) is 20.3 Å². The number of carbonyl (C=O) groups is 1. The lowest BCUT2D eigenvalue weighted by molar-refractivity contribution is -0.147. The van der Waals surface area contributed by atoms with Crippen molar-refractivity contribution in [1.29, 1.82) is 0 Å². The van der Waals surface area contributed by atoms with Gasteiger partial charge in [-0.15, -0.1) is 5.10 Å². The highest BCUT2D eigenvalue weighted by molar-refractivity contribution is 9.10. The minimum Gasteiger partial charge on any atom is -0.479 e. The van der Waals surface area contributed by atoms with Crippen LogP contribution in [0.4, 0.5) is 0 Å². The average molecular weight is 325 g/mol. The molecule has 7 heteroatoms. The van der Waals surface area contributed by atoms with Crippen molar-refractivity contribution in [2.45, 2.75) is 25.8 Å². The molecule has 2 rings (SSSR count). The Balaban J connectivity index is 2.61. The molecule has 0 aliphatic rings. The average Bonchev–Trinajstić information content (AvgIpc) is 2.87. The summed E-state index contributed by atoms with van der Waals surface area (Å²) in [4.78, 5) is 11.5. The molecule has 0 fully saturated rings. The number of tetrazole rings is 1. The monoisotopic (exact) mass is 324 g/mol. The van der Waals surface area contributed by atoms with Crippen molar-refractivity contribution in [3.05, 3.63) is 28.7 Å². The quantitative estimate of drug-likeness (QED) is 0.933. The van der Waals surface area contributed by atoms with Crippen LogP contribution < -0.4 is 0 Å². The molecule has 1 unspecified atom stereocenters. The van der Waals surface area contributed by atoms with Gasteiger partial charge in [0.2, 0.25) is 0 Å². The highest BCUT2D eigenvalue weighted by Gasteiger charge is 2.37. The summed E-state index contributed by atoms with van der Waals surface area (Å²) < 4.78 is 2.17. The summed E-state index contributed by atoms with van der Waals surface area (Å²) in [5, 5.41) is 20.8. The molecule has 1 atom stereocenters. The van der Waals surface area contributed by atoms with E-state index in [2.05, 4.69) is 31.5 Å². The molecule has 0 saturated carbocycles. The first-order valence-electron chi connectivity index (χ1n) is 5.78. The molecule has 0 amide bonds. The first-order chi connectivity index (χ1) is 9.00. The molecule has 19 heavy (non-hydrogen) atoms. The highest BCUT2D eigenvalue weighted by Crippen LogP contribution is 2.30. The summed E-state index contributed by atoms with van der Waals surface area (Å²) in [7, 11) is 0. The van der Waals surface area contributed by atoms with Crippen LogP contribution in [0.25, 0.3) is 11.4 Å². The lowest BCUT2D eigenvalue weighted by atomic mass is 9.99. The number of hydrogen-bond acceptors (Lipinski definition) is 4. The largest absolute Gasteiger partial charge is 0.479 e. The third-order valence-electron chi connectivity index (χ3n) is 3.20. The summed E-state index contributed by atoms with van der Waals surface area (Å²) >= 11 is 3.42. The number of benzene rings is 1. The fourth-order valence-corrected chi connectivity index (χ4v) is 2.18. The molecule has 0 radical (unpaired) electrons. The van der Waals surface area contributed by atoms with Crippen LogP contribution in [0.5, 0.6) is 0 Å². The van der Waals surface area contributed by atoms with Crippen molar-refractivity contribution in [2.24, 2.45) is 0 Å². The van der Waals surface area contributed by atoms with Gasteiger partial charge in [0.05, 0.1) is 0 Å². The molecular weight excluding hydrogens is 312 g/mol. The van der Waals surface area contributed by atoms with Gasteiger partial charge < -0.3 is 5.11 Å². The second-order valence-electron chi connectivity index (χ2n) is 4.33. The Bertz CT molecular complexity index is 613. The molecule has 0 saturated heterocycles. The molecule has 0 spiro atoms. The van der Waals surface area contributed by atoms with E-state index in [9.17, 15) is 9.90 Å². The van der Waals surface area contributed by atoms with Gasteiger partial charge >= 0.3 is 5.97 Å². The number of rotatable bonds is 4. The zero-order valence-electron chi connectivity index (χ0n) is 10.5. The van der Waals surface area contributed by atoms with Crippen molar-refractivity contribution < 1.29 is 9.90 Å². The Hall–Kier alpha value is -1.76. The van der Waals surface area contributed by atoms with E-state index in [1.54, 1.807) is 13.8 Å². The molecular formula is C12H13BrN4O2. The molecule has 2 aromatic rings. The molecule has 6 nitrogen and oxygen atoms in total. The highest BCUT2D eigenvalue weighted by atomic mass is 79.9. The minimum atomic E-state index is -1.17. The molecule has 0 aliphatic carbocycles. The Kier molecular flexibility index (Phi) is 3.66. The van der Waals surface area contributed by atoms with Crippen molar-refractivity contribution in [2.75, 3.05) is 0 Å². The minimum absolute atomic E-state index is 0.380. The normalized spacial score (nSPS) is 14.1. The van der Waals surface area contributed by atoms with E-state index in [0.717, 1.165) is 10.0 Å². The van der Waals surface area contributed by atoms with E-state index >= 15 is 0 Å². The molecule has 1 heterocycles. The standard InChI is InChI=1S/C12H13BrN4O2/c1-3-12(2,11(18)19)17-10(14-15-16-17)8-6-4-5-7-9(8)13/h4-7H,3H2,1-2H3,(H,18,19). The van der Waals surface area contributed by atoms with E-state index in [1.807, 2.05) is 24.3 Å². The van der Waals surface area contributed by atoms with Crippen LogP contribution in [0, 0.1) is 0 Å². The smallest absolute Gasteiger partial charge is 0.331 e. The van der Waals surface area contributed by atoms with Crippen molar-refractivity contribution in [1.82, 2.24) is 20.2 Å². The predicted molar refractivity (Wildman–Crippen MR) is 72.5 cm³/mol. The van der Waals surface area contributed by atoms with Crippen LogP contribution in [-0.4, -0.2) is 31.3 Å². The fraction of sp³-hybridized carbons (Fsp3) is 0.333. The topological polar surface area (TPSA) is 80.9 Å². The number of hydrogen-bond donors (Lipinski definition) is 1. The van der Waals surface area contributed by atoms with Crippen LogP contribution in [-0.2, 0) is 10.3 Å². The summed E-state index contributed by atoms with van der Waals surface area (Å²) in [5.74, 6) is -0.533. The van der Waals surface area contributed by atoms with Crippen LogP contribution in [0.15, 0.2) is 28.7 Å². The second kappa shape index (κ2) is 5.08. The summed E-state index contributed by atoms with van der Waals surface area (Å²) in [6.45, 7) is 3.39. The predicted octanol–water partition coefficient (Wildman–Crippen LogP) is 2.31. The van der Waals surface area contributed by atoms with E-state index < -0.39 is 11.5 Å². The van der Waals surface area contributed by atoms with Gasteiger partial charge in [-0.1, -0.05) is 35.0 Å². The van der Waals surface area contributed by atoms with Gasteiger partial charge in [0, 0.05) is 10.0 Å². The molecule has 0 aliphatic heterocycles. The first kappa shape index (κ1) is 13.7. The maximum Gasteiger partial charge on any atom is 0.331 e. The summed E-state index contributed by atoms with van der Waals surface area (Å²) in [5.41, 5.74) is -0.415. The molecule has 1 aromatic heterocycles. The zero-order valence-corrected chi connectivity index (χ0v) is 12.1. The Morgan fingerprint density at radius 2 is 2.16 bits per heavy atom. The van der Waals surface area contributed by atoms with Crippen molar-refractivity contribution >= 4 is 21.9 Å². The van der Waals surface area contributed by atoms with E-state index in [-0.39, 0.29) is 0 Å². The maximum absolute atomic E-state index is 11.5. The lowest BCUT2D eigenvalue weighted by Crippen LogP contribution is -2.39. The zero-order chi connectivity index (χ0) is 14.0. The molecule has 100 valence electrons. The van der Waals surface area contributed by atoms with Crippen LogP contribution in [0.2, 0.25) is 0 Å². The number of aromatic nitrogens is 4. The number of aliphatic carboxylic acids is 1. The third-order valence-corrected chi connectivity index (χ3v) is 3.89. The first-order valence-corrected chi connectivity index (χ1v) is 6.57. The number of carboxylic acids is 1. The van der Waals surface area contributed by atoms with Gasteiger partial charge in [0.1, 0.15) is 0 Å². The Labute approximate surface area is 118 Å². The Morgan fingerprint density at radius 3 is 2.74 bits per heavy atom. The van der Waals surface area contributed by atoms with Gasteiger partial charge in [-0.2, -0.15) is 0 Å². The van der Waals surface area contributed by atoms with Crippen molar-refractivity contribution in [3.8, 4) is 11.4 Å². The SMILES string of the molecule is CCC(C)(C(=O)O)n1nnnc1-c1ccccc1Br. The Morgan fingerprint density at radius 1 is 1.47 bits per heavy atom. The van der Waals surface area contributed by atoms with Gasteiger partial charge in [0.15, 0.2) is 11.4 Å². The number of halogens is 1. The number of nitrogens with zero attached hydrogens (tertiary/aromatic N) is 4. The molecule has 0 bridgehead atoms. The second-order valence-corrected chi connectivity index (χ2v) is 5.18. The maximum atomic E-state index is 11.5. The fourth-order valence-electron chi connectivity index (χ4n) is 1.72. The molecule has 1 N–H and O–H groups in total. The molecule has 1 aromatic carbocycles. The number of carboxylic acid groups (broad SMARTS) is 1. The summed E-state index contributed by atoms with van der Waals surface area (Å²) in [6, 6.07) is 7.42. The van der Waals surface area contributed by atoms with E-state index in [1.165, 1.54) is 4.68 Å². The van der Waals surface area contributed by atoms with E-state index in [4.69, 9.17) is 0 Å². The van der Waals surface area contributed by atoms with Crippen LogP contribution >= 0.6 is 15.9 Å². The lowest BCUT2D eigenvalue weighted by Gasteiger charge is -2.24. The van der Waals surface area contributed by atoms with Crippen LogP contribution in [0.3, 0.4) is 0 Å².